The van der Waals surface area contributed by atoms with Gasteiger partial charge in [0.1, 0.15) is 5.82 Å². The Kier molecular flexibility index (Phi) is 7.97. The third kappa shape index (κ3) is 5.98. The van der Waals surface area contributed by atoms with Gasteiger partial charge in [-0.15, -0.1) is 0 Å². The highest BCUT2D eigenvalue weighted by Crippen LogP contribution is 2.42. The maximum absolute atomic E-state index is 13.5. The number of amides is 3. The van der Waals surface area contributed by atoms with Crippen molar-refractivity contribution in [1.82, 2.24) is 9.80 Å². The molecule has 9 heteroatoms. The molecule has 0 aromatic heterocycles. The van der Waals surface area contributed by atoms with Gasteiger partial charge in [-0.3, -0.25) is 9.59 Å². The second-order valence-corrected chi connectivity index (χ2v) is 10.3. The number of halogens is 1. The fourth-order valence-corrected chi connectivity index (χ4v) is 5.61. The molecule has 0 spiro atoms. The van der Waals surface area contributed by atoms with Crippen LogP contribution in [0.4, 0.5) is 14.9 Å². The molecule has 0 aliphatic carbocycles. The number of rotatable bonds is 5. The molecule has 3 aromatic carbocycles. The minimum Gasteiger partial charge on any atom is -0.450 e. The van der Waals surface area contributed by atoms with E-state index in [1.54, 1.807) is 45.9 Å². The van der Waals surface area contributed by atoms with Gasteiger partial charge in [-0.25, -0.2) is 9.18 Å². The zero-order valence-electron chi connectivity index (χ0n) is 21.5. The van der Waals surface area contributed by atoms with Crippen molar-refractivity contribution in [2.75, 3.05) is 37.7 Å². The molecule has 1 saturated heterocycles. The summed E-state index contributed by atoms with van der Waals surface area (Å²) >= 11 is 1.41. The molecule has 0 saturated carbocycles. The fourth-order valence-electron chi connectivity index (χ4n) is 4.55. The quantitative estimate of drug-likeness (QED) is 0.401. The van der Waals surface area contributed by atoms with Crippen molar-refractivity contribution in [2.45, 2.75) is 18.4 Å². The summed E-state index contributed by atoms with van der Waals surface area (Å²) in [7, 11) is 0. The fraction of sp³-hybridized carbons (Fsp3) is 0.233. The molecule has 3 amide bonds. The topological polar surface area (TPSA) is 70.2 Å². The maximum Gasteiger partial charge on any atom is 0.409 e. The lowest BCUT2D eigenvalue weighted by molar-refractivity contribution is -0.114. The van der Waals surface area contributed by atoms with Crippen molar-refractivity contribution in [3.05, 3.63) is 100 Å². The van der Waals surface area contributed by atoms with Crippen molar-refractivity contribution in [3.8, 4) is 0 Å². The van der Waals surface area contributed by atoms with E-state index in [1.807, 2.05) is 42.5 Å². The van der Waals surface area contributed by atoms with Crippen LogP contribution in [0.2, 0.25) is 0 Å². The molecule has 1 fully saturated rings. The van der Waals surface area contributed by atoms with Crippen LogP contribution < -0.4 is 4.90 Å². The van der Waals surface area contributed by atoms with Crippen molar-refractivity contribution in [1.29, 1.82) is 0 Å². The molecular formula is C30H28FN3O4S. The minimum atomic E-state index is -0.351. The van der Waals surface area contributed by atoms with Crippen LogP contribution in [-0.2, 0) is 16.1 Å². The zero-order valence-corrected chi connectivity index (χ0v) is 22.3. The Morgan fingerprint density at radius 2 is 1.59 bits per heavy atom. The molecule has 0 unspecified atom stereocenters. The Bertz CT molecular complexity index is 1400. The van der Waals surface area contributed by atoms with Gasteiger partial charge in [0.05, 0.1) is 23.7 Å². The average Bonchev–Trinajstić information content (AvgIpc) is 2.96. The van der Waals surface area contributed by atoms with E-state index in [-0.39, 0.29) is 23.7 Å². The lowest BCUT2D eigenvalue weighted by Crippen LogP contribution is -2.50. The van der Waals surface area contributed by atoms with Crippen LogP contribution in [0.3, 0.4) is 0 Å². The van der Waals surface area contributed by atoms with Crippen LogP contribution in [0.25, 0.3) is 6.08 Å². The van der Waals surface area contributed by atoms with Gasteiger partial charge in [-0.05, 0) is 60.5 Å². The maximum atomic E-state index is 13.5. The highest BCUT2D eigenvalue weighted by molar-refractivity contribution is 8.04. The van der Waals surface area contributed by atoms with E-state index in [0.717, 1.165) is 21.7 Å². The molecule has 39 heavy (non-hydrogen) atoms. The summed E-state index contributed by atoms with van der Waals surface area (Å²) in [5, 5.41) is 0. The number of carbonyl (C=O) groups is 3. The largest absolute Gasteiger partial charge is 0.450 e. The second kappa shape index (κ2) is 11.7. The second-order valence-electron chi connectivity index (χ2n) is 9.20. The summed E-state index contributed by atoms with van der Waals surface area (Å²) < 4.78 is 18.4. The third-order valence-corrected chi connectivity index (χ3v) is 7.71. The van der Waals surface area contributed by atoms with Gasteiger partial charge in [0, 0.05) is 36.6 Å². The normalized spacial score (nSPS) is 16.3. The molecule has 200 valence electrons. The first-order valence-corrected chi connectivity index (χ1v) is 13.6. The van der Waals surface area contributed by atoms with E-state index in [1.165, 1.54) is 23.9 Å². The summed E-state index contributed by atoms with van der Waals surface area (Å²) in [5.41, 5.74) is 3.00. The van der Waals surface area contributed by atoms with Gasteiger partial charge in [0.25, 0.3) is 11.8 Å². The van der Waals surface area contributed by atoms with Crippen molar-refractivity contribution in [3.63, 3.8) is 0 Å². The van der Waals surface area contributed by atoms with Gasteiger partial charge >= 0.3 is 6.09 Å². The van der Waals surface area contributed by atoms with E-state index in [2.05, 4.69) is 0 Å². The smallest absolute Gasteiger partial charge is 0.409 e. The first kappa shape index (κ1) is 26.5. The summed E-state index contributed by atoms with van der Waals surface area (Å²) in [4.78, 5) is 45.0. The summed E-state index contributed by atoms with van der Waals surface area (Å²) in [6, 6.07) is 21.0. The number of para-hydroxylation sites is 1. The van der Waals surface area contributed by atoms with Crippen molar-refractivity contribution >= 4 is 41.4 Å². The highest BCUT2D eigenvalue weighted by Gasteiger charge is 2.29. The van der Waals surface area contributed by atoms with Gasteiger partial charge in [0.15, 0.2) is 0 Å². The van der Waals surface area contributed by atoms with Crippen molar-refractivity contribution < 1.29 is 23.5 Å². The van der Waals surface area contributed by atoms with E-state index >= 15 is 0 Å². The first-order valence-electron chi connectivity index (χ1n) is 12.8. The number of fused-ring (bicyclic) bond motifs is 1. The number of carbonyl (C=O) groups excluding carboxylic acids is 3. The van der Waals surface area contributed by atoms with E-state index in [9.17, 15) is 18.8 Å². The monoisotopic (exact) mass is 545 g/mol. The van der Waals surface area contributed by atoms with Gasteiger partial charge in [-0.1, -0.05) is 48.2 Å². The van der Waals surface area contributed by atoms with Crippen LogP contribution in [0, 0.1) is 5.82 Å². The Morgan fingerprint density at radius 3 is 2.28 bits per heavy atom. The standard InChI is InChI=1S/C30H28FN3O4S/c1-2-38-30(37)33-17-15-32(16-18-33)28(35)23-11-7-21(8-12-23)19-27-29(36)34(20-22-9-13-24(31)14-10-22)25-5-3-4-6-26(25)39-27/h3-14,19H,2,15-18,20H2,1H3. The number of hydrogen-bond donors (Lipinski definition) is 0. The van der Waals surface area contributed by atoms with Crippen LogP contribution in [0.15, 0.2) is 82.6 Å². The van der Waals surface area contributed by atoms with E-state index < -0.39 is 0 Å². The van der Waals surface area contributed by atoms with Crippen LogP contribution in [0.1, 0.15) is 28.4 Å². The predicted molar refractivity (Wildman–Crippen MR) is 149 cm³/mol. The Morgan fingerprint density at radius 1 is 0.923 bits per heavy atom. The van der Waals surface area contributed by atoms with E-state index in [4.69, 9.17) is 4.74 Å². The zero-order chi connectivity index (χ0) is 27.4. The molecule has 2 aliphatic heterocycles. The highest BCUT2D eigenvalue weighted by atomic mass is 32.2. The summed E-state index contributed by atoms with van der Waals surface area (Å²) in [5.74, 6) is -0.552. The molecule has 0 atom stereocenters. The molecular weight excluding hydrogens is 517 g/mol. The molecule has 5 rings (SSSR count). The van der Waals surface area contributed by atoms with Gasteiger partial charge in [-0.2, -0.15) is 0 Å². The van der Waals surface area contributed by atoms with Gasteiger partial charge in [0.2, 0.25) is 0 Å². The lowest BCUT2D eigenvalue weighted by atomic mass is 10.1. The molecule has 3 aromatic rings. The average molecular weight is 546 g/mol. The summed E-state index contributed by atoms with van der Waals surface area (Å²) in [6.07, 6.45) is 1.48. The summed E-state index contributed by atoms with van der Waals surface area (Å²) in [6.45, 7) is 4.17. The number of hydrogen-bond acceptors (Lipinski definition) is 5. The number of piperazine rings is 1. The lowest BCUT2D eigenvalue weighted by Gasteiger charge is -2.34. The first-order chi connectivity index (χ1) is 18.9. The Labute approximate surface area is 230 Å². The van der Waals surface area contributed by atoms with Gasteiger partial charge < -0.3 is 19.4 Å². The number of ether oxygens (including phenoxy) is 1. The Hall–Kier alpha value is -4.11. The number of thioether (sulfide) groups is 1. The molecule has 0 radical (unpaired) electrons. The van der Waals surface area contributed by atoms with Crippen LogP contribution in [0.5, 0.6) is 0 Å². The van der Waals surface area contributed by atoms with Crippen LogP contribution >= 0.6 is 11.8 Å². The van der Waals surface area contributed by atoms with E-state index in [0.29, 0.717) is 49.8 Å². The molecule has 0 bridgehead atoms. The number of benzene rings is 3. The predicted octanol–water partition coefficient (Wildman–Crippen LogP) is 5.42. The van der Waals surface area contributed by atoms with Crippen molar-refractivity contribution in [2.24, 2.45) is 0 Å². The SMILES string of the molecule is CCOC(=O)N1CCN(C(=O)c2ccc(C=C3Sc4ccccc4N(Cc4ccc(F)cc4)C3=O)cc2)CC1. The molecule has 0 N–H and O–H groups in total. The number of anilines is 1. The molecule has 2 heterocycles. The van der Waals surface area contributed by atoms with Crippen LogP contribution in [-0.4, -0.2) is 60.5 Å². The molecule has 7 nitrogen and oxygen atoms in total. The minimum absolute atomic E-state index is 0.0970. The Balaban J connectivity index is 1.30. The third-order valence-electron chi connectivity index (χ3n) is 6.63. The molecule has 2 aliphatic rings. The number of nitrogens with zero attached hydrogens (tertiary/aromatic N) is 3.